The van der Waals surface area contributed by atoms with Gasteiger partial charge in [0.15, 0.2) is 11.5 Å². The Labute approximate surface area is 184 Å². The predicted octanol–water partition coefficient (Wildman–Crippen LogP) is 3.24. The van der Waals surface area contributed by atoms with Crippen molar-refractivity contribution in [3.63, 3.8) is 0 Å². The van der Waals surface area contributed by atoms with Gasteiger partial charge < -0.3 is 19.7 Å². The average molecular weight is 428 g/mol. The SMILES string of the molecule is COc1cc(C)c(CN(C)[C@@H](C)C(=O)N(C)CC(=O)Nc2ccc(C)cc2)cc1OC. The minimum absolute atomic E-state index is 0.0136. The first-order chi connectivity index (χ1) is 14.7. The van der Waals surface area contributed by atoms with Crippen LogP contribution in [0.25, 0.3) is 0 Å². The van der Waals surface area contributed by atoms with Gasteiger partial charge in [0.25, 0.3) is 0 Å². The van der Waals surface area contributed by atoms with Gasteiger partial charge in [0, 0.05) is 19.3 Å². The van der Waals surface area contributed by atoms with Crippen molar-refractivity contribution in [3.05, 3.63) is 53.1 Å². The molecule has 168 valence electrons. The molecule has 0 spiro atoms. The minimum atomic E-state index is -0.398. The summed E-state index contributed by atoms with van der Waals surface area (Å²) in [5.74, 6) is 0.972. The zero-order chi connectivity index (χ0) is 23.1. The van der Waals surface area contributed by atoms with E-state index in [1.165, 1.54) is 4.90 Å². The lowest BCUT2D eigenvalue weighted by Crippen LogP contribution is -2.46. The number of aryl methyl sites for hydroxylation is 2. The van der Waals surface area contributed by atoms with Crippen LogP contribution in [0.2, 0.25) is 0 Å². The topological polar surface area (TPSA) is 71.1 Å². The van der Waals surface area contributed by atoms with Crippen LogP contribution in [0.5, 0.6) is 11.5 Å². The zero-order valence-corrected chi connectivity index (χ0v) is 19.5. The fraction of sp³-hybridized carbons (Fsp3) is 0.417. The summed E-state index contributed by atoms with van der Waals surface area (Å²) in [7, 11) is 6.74. The number of carbonyl (C=O) groups is 2. The van der Waals surface area contributed by atoms with Gasteiger partial charge >= 0.3 is 0 Å². The monoisotopic (exact) mass is 427 g/mol. The summed E-state index contributed by atoms with van der Waals surface area (Å²) in [4.78, 5) is 28.6. The van der Waals surface area contributed by atoms with Gasteiger partial charge in [-0.05, 0) is 63.2 Å². The Bertz CT molecular complexity index is 912. The van der Waals surface area contributed by atoms with E-state index < -0.39 is 6.04 Å². The van der Waals surface area contributed by atoms with Crippen molar-refractivity contribution in [2.75, 3.05) is 40.2 Å². The van der Waals surface area contributed by atoms with Gasteiger partial charge in [-0.1, -0.05) is 17.7 Å². The quantitative estimate of drug-likeness (QED) is 0.665. The first-order valence-corrected chi connectivity index (χ1v) is 10.2. The maximum atomic E-state index is 12.9. The van der Waals surface area contributed by atoms with Gasteiger partial charge in [0.05, 0.1) is 26.8 Å². The third-order valence-electron chi connectivity index (χ3n) is 5.37. The molecule has 2 aromatic rings. The molecule has 0 aliphatic carbocycles. The third kappa shape index (κ3) is 6.46. The van der Waals surface area contributed by atoms with Gasteiger partial charge in [-0.3, -0.25) is 14.5 Å². The van der Waals surface area contributed by atoms with Crippen LogP contribution in [-0.4, -0.2) is 62.5 Å². The zero-order valence-electron chi connectivity index (χ0n) is 19.5. The maximum absolute atomic E-state index is 12.9. The van der Waals surface area contributed by atoms with Crippen LogP contribution in [0.3, 0.4) is 0 Å². The van der Waals surface area contributed by atoms with Gasteiger partial charge in [0.1, 0.15) is 0 Å². The van der Waals surface area contributed by atoms with Crippen LogP contribution in [0.15, 0.2) is 36.4 Å². The van der Waals surface area contributed by atoms with Crippen molar-refractivity contribution in [1.82, 2.24) is 9.80 Å². The molecule has 1 atom stereocenters. The molecule has 31 heavy (non-hydrogen) atoms. The van der Waals surface area contributed by atoms with Crippen LogP contribution in [0, 0.1) is 13.8 Å². The summed E-state index contributed by atoms with van der Waals surface area (Å²) in [6.07, 6.45) is 0. The van der Waals surface area contributed by atoms with E-state index in [4.69, 9.17) is 9.47 Å². The number of rotatable bonds is 9. The highest BCUT2D eigenvalue weighted by Gasteiger charge is 2.24. The maximum Gasteiger partial charge on any atom is 0.243 e. The molecule has 0 aromatic heterocycles. The second-order valence-corrected chi connectivity index (χ2v) is 7.83. The van der Waals surface area contributed by atoms with E-state index in [9.17, 15) is 9.59 Å². The smallest absolute Gasteiger partial charge is 0.243 e. The molecular formula is C24H33N3O4. The normalized spacial score (nSPS) is 11.7. The highest BCUT2D eigenvalue weighted by molar-refractivity contribution is 5.95. The summed E-state index contributed by atoms with van der Waals surface area (Å²) < 4.78 is 10.7. The highest BCUT2D eigenvalue weighted by Crippen LogP contribution is 2.31. The molecule has 2 aromatic carbocycles. The molecule has 2 amide bonds. The second-order valence-electron chi connectivity index (χ2n) is 7.83. The molecule has 2 rings (SSSR count). The molecule has 0 aliphatic heterocycles. The Morgan fingerprint density at radius 3 is 2.16 bits per heavy atom. The van der Waals surface area contributed by atoms with Crippen LogP contribution >= 0.6 is 0 Å². The molecule has 7 heteroatoms. The molecular weight excluding hydrogens is 394 g/mol. The van der Waals surface area contributed by atoms with E-state index in [0.29, 0.717) is 23.7 Å². The van der Waals surface area contributed by atoms with Crippen molar-refractivity contribution in [2.24, 2.45) is 0 Å². The Morgan fingerprint density at radius 2 is 1.58 bits per heavy atom. The Hall–Kier alpha value is -3.06. The van der Waals surface area contributed by atoms with Crippen LogP contribution in [-0.2, 0) is 16.1 Å². The standard InChI is InChI=1S/C24H33N3O4/c1-16-8-10-20(11-9-16)25-23(28)15-27(5)24(29)18(3)26(4)14-19-13-22(31-7)21(30-6)12-17(19)2/h8-13,18H,14-15H2,1-7H3,(H,25,28)/t18-/m0/s1. The Kier molecular flexibility index (Phi) is 8.45. The van der Waals surface area contributed by atoms with Crippen molar-refractivity contribution in [1.29, 1.82) is 0 Å². The van der Waals surface area contributed by atoms with Crippen molar-refractivity contribution in [2.45, 2.75) is 33.4 Å². The number of nitrogens with zero attached hydrogens (tertiary/aromatic N) is 2. The van der Waals surface area contributed by atoms with E-state index in [-0.39, 0.29) is 18.4 Å². The van der Waals surface area contributed by atoms with E-state index in [1.54, 1.807) is 21.3 Å². The molecule has 0 saturated carbocycles. The van der Waals surface area contributed by atoms with Gasteiger partial charge in [0.2, 0.25) is 11.8 Å². The van der Waals surface area contributed by atoms with E-state index in [1.807, 2.05) is 69.1 Å². The van der Waals surface area contributed by atoms with Gasteiger partial charge in [-0.25, -0.2) is 0 Å². The van der Waals surface area contributed by atoms with Crippen LogP contribution < -0.4 is 14.8 Å². The third-order valence-corrected chi connectivity index (χ3v) is 5.37. The molecule has 0 aliphatic rings. The fourth-order valence-electron chi connectivity index (χ4n) is 3.24. The summed E-state index contributed by atoms with van der Waals surface area (Å²) in [5.41, 5.74) is 3.92. The molecule has 0 bridgehead atoms. The van der Waals surface area contributed by atoms with Gasteiger partial charge in [-0.2, -0.15) is 0 Å². The molecule has 1 N–H and O–H groups in total. The number of amides is 2. The lowest BCUT2D eigenvalue weighted by molar-refractivity contribution is -0.137. The van der Waals surface area contributed by atoms with Crippen molar-refractivity contribution < 1.29 is 19.1 Å². The molecule has 0 heterocycles. The predicted molar refractivity (Wildman–Crippen MR) is 123 cm³/mol. The first-order valence-electron chi connectivity index (χ1n) is 10.2. The van der Waals surface area contributed by atoms with Gasteiger partial charge in [-0.15, -0.1) is 0 Å². The molecule has 0 fully saturated rings. The fourth-order valence-corrected chi connectivity index (χ4v) is 3.24. The average Bonchev–Trinajstić information content (AvgIpc) is 2.75. The largest absolute Gasteiger partial charge is 0.493 e. The highest BCUT2D eigenvalue weighted by atomic mass is 16.5. The number of likely N-dealkylation sites (N-methyl/N-ethyl adjacent to an activating group) is 2. The second kappa shape index (κ2) is 10.8. The van der Waals surface area contributed by atoms with E-state index in [2.05, 4.69) is 5.32 Å². The van der Waals surface area contributed by atoms with Crippen LogP contribution in [0.1, 0.15) is 23.6 Å². The number of carbonyl (C=O) groups excluding carboxylic acids is 2. The number of anilines is 1. The van der Waals surface area contributed by atoms with E-state index in [0.717, 1.165) is 16.7 Å². The van der Waals surface area contributed by atoms with Crippen LogP contribution in [0.4, 0.5) is 5.69 Å². The lowest BCUT2D eigenvalue weighted by atomic mass is 10.1. The molecule has 7 nitrogen and oxygen atoms in total. The number of ether oxygens (including phenoxy) is 2. The Balaban J connectivity index is 1.98. The summed E-state index contributed by atoms with van der Waals surface area (Å²) in [6, 6.07) is 11.0. The van der Waals surface area contributed by atoms with Crippen molar-refractivity contribution >= 4 is 17.5 Å². The summed E-state index contributed by atoms with van der Waals surface area (Å²) in [5, 5.41) is 2.82. The molecule has 0 unspecified atom stereocenters. The number of methoxy groups -OCH3 is 2. The van der Waals surface area contributed by atoms with E-state index >= 15 is 0 Å². The molecule has 0 radical (unpaired) electrons. The first kappa shape index (κ1) is 24.2. The number of hydrogen-bond acceptors (Lipinski definition) is 5. The number of benzene rings is 2. The lowest BCUT2D eigenvalue weighted by Gasteiger charge is -2.28. The summed E-state index contributed by atoms with van der Waals surface area (Å²) in [6.45, 7) is 6.37. The Morgan fingerprint density at radius 1 is 1.00 bits per heavy atom. The summed E-state index contributed by atoms with van der Waals surface area (Å²) >= 11 is 0. The number of hydrogen-bond donors (Lipinski definition) is 1. The molecule has 0 saturated heterocycles. The van der Waals surface area contributed by atoms with Crippen molar-refractivity contribution in [3.8, 4) is 11.5 Å². The number of nitrogens with one attached hydrogen (secondary N) is 1. The minimum Gasteiger partial charge on any atom is -0.493 e.